The van der Waals surface area contributed by atoms with Gasteiger partial charge in [0, 0.05) is 5.56 Å². The largest absolute Gasteiger partial charge is 0.454 e. The lowest BCUT2D eigenvalue weighted by Gasteiger charge is -2.25. The van der Waals surface area contributed by atoms with Crippen LogP contribution in [0.1, 0.15) is 18.9 Å². The van der Waals surface area contributed by atoms with Crippen LogP contribution in [0.4, 0.5) is 4.79 Å². The number of nitrogens with one attached hydrogen (secondary N) is 2. The van der Waals surface area contributed by atoms with Crippen molar-refractivity contribution in [2.24, 2.45) is 0 Å². The summed E-state index contributed by atoms with van der Waals surface area (Å²) < 4.78 is 16.2. The van der Waals surface area contributed by atoms with Crippen molar-refractivity contribution in [1.29, 1.82) is 0 Å². The highest BCUT2D eigenvalue weighted by Gasteiger charge is 2.52. The maximum absolute atomic E-state index is 13.1. The Morgan fingerprint density at radius 3 is 2.74 bits per heavy atom. The highest BCUT2D eigenvalue weighted by molar-refractivity contribution is 7.99. The summed E-state index contributed by atoms with van der Waals surface area (Å²) in [6.07, 6.45) is 0.327. The van der Waals surface area contributed by atoms with E-state index >= 15 is 0 Å². The predicted octanol–water partition coefficient (Wildman–Crippen LogP) is 2.45. The fraction of sp³-hybridized carbons (Fsp3) is 0.227. The van der Waals surface area contributed by atoms with Gasteiger partial charge in [-0.15, -0.1) is 10.2 Å². The zero-order chi connectivity index (χ0) is 23.7. The second-order valence-electron chi connectivity index (χ2n) is 7.46. The number of hydrogen-bond donors (Lipinski definition) is 2. The van der Waals surface area contributed by atoms with Crippen LogP contribution in [0.2, 0.25) is 0 Å². The van der Waals surface area contributed by atoms with Crippen LogP contribution in [0.15, 0.2) is 58.2 Å². The van der Waals surface area contributed by atoms with E-state index in [0.717, 1.165) is 11.8 Å². The number of imide groups is 1. The summed E-state index contributed by atoms with van der Waals surface area (Å²) in [4.78, 5) is 38.1. The van der Waals surface area contributed by atoms with Crippen LogP contribution >= 0.6 is 11.8 Å². The minimum absolute atomic E-state index is 0.149. The molecule has 2 N–H and O–H groups in total. The topological polar surface area (TPSA) is 136 Å². The van der Waals surface area contributed by atoms with Crippen molar-refractivity contribution in [3.63, 3.8) is 0 Å². The van der Waals surface area contributed by atoms with E-state index in [2.05, 4.69) is 20.9 Å². The number of ether oxygens (including phenoxy) is 2. The molecule has 12 heteroatoms. The highest BCUT2D eigenvalue weighted by atomic mass is 32.2. The van der Waals surface area contributed by atoms with E-state index in [1.165, 1.54) is 0 Å². The second-order valence-corrected chi connectivity index (χ2v) is 8.39. The van der Waals surface area contributed by atoms with Gasteiger partial charge in [-0.25, -0.2) is 4.79 Å². The first-order chi connectivity index (χ1) is 16.5. The number of carbonyl (C=O) groups excluding carboxylic acids is 3. The minimum atomic E-state index is -1.23. The average molecular weight is 481 g/mol. The van der Waals surface area contributed by atoms with Gasteiger partial charge in [-0.1, -0.05) is 49.0 Å². The maximum Gasteiger partial charge on any atom is 0.344 e. The first kappa shape index (κ1) is 21.8. The van der Waals surface area contributed by atoms with Gasteiger partial charge in [-0.05, 0) is 30.2 Å². The lowest BCUT2D eigenvalue weighted by molar-refractivity contribution is -0.138. The Bertz CT molecular complexity index is 1270. The molecule has 0 spiro atoms. The van der Waals surface area contributed by atoms with Gasteiger partial charge in [0.05, 0.1) is 5.75 Å². The monoisotopic (exact) mass is 481 g/mol. The van der Waals surface area contributed by atoms with Gasteiger partial charge in [0.25, 0.3) is 11.1 Å². The molecule has 4 amide bonds. The first-order valence-corrected chi connectivity index (χ1v) is 11.4. The normalized spacial score (nSPS) is 18.8. The molecular weight excluding hydrogens is 462 g/mol. The molecule has 3 heterocycles. The molecule has 0 unspecified atom stereocenters. The summed E-state index contributed by atoms with van der Waals surface area (Å²) in [6, 6.07) is 13.4. The molecule has 1 aromatic heterocycles. The zero-order valence-electron chi connectivity index (χ0n) is 17.9. The number of rotatable bonds is 7. The smallest absolute Gasteiger partial charge is 0.344 e. The van der Waals surface area contributed by atoms with Crippen molar-refractivity contribution < 1.29 is 28.3 Å². The molecule has 0 bridgehead atoms. The fourth-order valence-corrected chi connectivity index (χ4v) is 4.29. The van der Waals surface area contributed by atoms with Crippen LogP contribution in [-0.2, 0) is 15.1 Å². The minimum Gasteiger partial charge on any atom is -0.454 e. The molecule has 174 valence electrons. The molecule has 2 aromatic carbocycles. The molecule has 5 rings (SSSR count). The predicted molar refractivity (Wildman–Crippen MR) is 119 cm³/mol. The molecule has 0 saturated carbocycles. The van der Waals surface area contributed by atoms with Gasteiger partial charge in [-0.3, -0.25) is 15.0 Å². The quantitative estimate of drug-likeness (QED) is 0.385. The molecule has 34 heavy (non-hydrogen) atoms. The van der Waals surface area contributed by atoms with Crippen LogP contribution in [0.5, 0.6) is 11.5 Å². The Labute approximate surface area is 197 Å². The molecule has 2 aliphatic rings. The number of carbonyl (C=O) groups is 3. The first-order valence-electron chi connectivity index (χ1n) is 10.4. The summed E-state index contributed by atoms with van der Waals surface area (Å²) in [5, 5.41) is 11.5. The molecule has 1 fully saturated rings. The summed E-state index contributed by atoms with van der Waals surface area (Å²) in [5.41, 5.74) is 2.42. The van der Waals surface area contributed by atoms with Crippen LogP contribution in [0, 0.1) is 0 Å². The van der Waals surface area contributed by atoms with Crippen molar-refractivity contribution >= 4 is 29.6 Å². The number of benzene rings is 2. The SMILES string of the molecule is CC[C@@]1(c2ccccc2)NC(=O)N(NC(=O)CSc2nnc(-c3ccc4c(c3)OCO4)o2)C1=O. The number of hydrazine groups is 1. The Kier molecular flexibility index (Phi) is 5.57. The van der Waals surface area contributed by atoms with E-state index in [9.17, 15) is 14.4 Å². The summed E-state index contributed by atoms with van der Waals surface area (Å²) in [5.74, 6) is 0.199. The molecule has 3 aromatic rings. The van der Waals surface area contributed by atoms with E-state index in [4.69, 9.17) is 13.9 Å². The lowest BCUT2D eigenvalue weighted by Crippen LogP contribution is -2.49. The van der Waals surface area contributed by atoms with Gasteiger partial charge in [0.1, 0.15) is 5.54 Å². The Hall–Kier alpha value is -4.06. The number of hydrogen-bond acceptors (Lipinski definition) is 9. The number of thioether (sulfide) groups is 1. The molecular formula is C22H19N5O6S. The number of aromatic nitrogens is 2. The lowest BCUT2D eigenvalue weighted by atomic mass is 9.87. The van der Waals surface area contributed by atoms with Crippen molar-refractivity contribution in [1.82, 2.24) is 25.9 Å². The van der Waals surface area contributed by atoms with Gasteiger partial charge in [0.15, 0.2) is 11.5 Å². The van der Waals surface area contributed by atoms with Crippen LogP contribution < -0.4 is 20.2 Å². The van der Waals surface area contributed by atoms with Gasteiger partial charge >= 0.3 is 6.03 Å². The van der Waals surface area contributed by atoms with E-state index in [1.54, 1.807) is 49.4 Å². The summed E-state index contributed by atoms with van der Waals surface area (Å²) in [6.45, 7) is 1.95. The molecule has 2 aliphatic heterocycles. The third-order valence-electron chi connectivity index (χ3n) is 5.48. The van der Waals surface area contributed by atoms with E-state index in [-0.39, 0.29) is 23.7 Å². The fourth-order valence-electron chi connectivity index (χ4n) is 3.74. The molecule has 0 radical (unpaired) electrons. The van der Waals surface area contributed by atoms with E-state index in [1.807, 2.05) is 6.07 Å². The summed E-state index contributed by atoms with van der Waals surface area (Å²) in [7, 11) is 0. The van der Waals surface area contributed by atoms with Crippen molar-refractivity contribution in [2.45, 2.75) is 24.1 Å². The molecule has 0 aliphatic carbocycles. The Morgan fingerprint density at radius 2 is 1.94 bits per heavy atom. The number of nitrogens with zero attached hydrogens (tertiary/aromatic N) is 3. The van der Waals surface area contributed by atoms with Crippen molar-refractivity contribution in [3.05, 3.63) is 54.1 Å². The Balaban J connectivity index is 1.22. The van der Waals surface area contributed by atoms with E-state index < -0.39 is 23.4 Å². The Morgan fingerprint density at radius 1 is 1.15 bits per heavy atom. The number of amides is 4. The highest BCUT2D eigenvalue weighted by Crippen LogP contribution is 2.36. The van der Waals surface area contributed by atoms with Crippen LogP contribution in [0.25, 0.3) is 11.5 Å². The van der Waals surface area contributed by atoms with Crippen LogP contribution in [-0.4, -0.2) is 45.6 Å². The van der Waals surface area contributed by atoms with Crippen molar-refractivity contribution in [3.8, 4) is 23.0 Å². The number of fused-ring (bicyclic) bond motifs is 1. The van der Waals surface area contributed by atoms with E-state index in [0.29, 0.717) is 34.1 Å². The maximum atomic E-state index is 13.1. The van der Waals surface area contributed by atoms with Gasteiger partial charge < -0.3 is 19.2 Å². The third kappa shape index (κ3) is 3.81. The average Bonchev–Trinajstić information content (AvgIpc) is 3.58. The number of urea groups is 1. The third-order valence-corrected chi connectivity index (χ3v) is 6.30. The zero-order valence-corrected chi connectivity index (χ0v) is 18.8. The summed E-state index contributed by atoms with van der Waals surface area (Å²) >= 11 is 0.979. The standard InChI is InChI=1S/C22H19N5O6S/c1-2-22(14-6-4-3-5-7-14)19(29)27(20(30)23-22)26-17(28)11-34-21-25-24-18(33-21)13-8-9-15-16(10-13)32-12-31-15/h3-10H,2,11-12H2,1H3,(H,23,30)(H,26,28)/t22-/m0/s1. The molecule has 1 atom stereocenters. The van der Waals surface area contributed by atoms with Gasteiger partial charge in [0.2, 0.25) is 18.6 Å². The van der Waals surface area contributed by atoms with Crippen molar-refractivity contribution in [2.75, 3.05) is 12.5 Å². The molecule has 11 nitrogen and oxygen atoms in total. The molecule has 1 saturated heterocycles. The second kappa shape index (κ2) is 8.71. The van der Waals surface area contributed by atoms with Gasteiger partial charge in [-0.2, -0.15) is 5.01 Å². The van der Waals surface area contributed by atoms with Crippen LogP contribution in [0.3, 0.4) is 0 Å².